The van der Waals surface area contributed by atoms with E-state index in [0.29, 0.717) is 12.8 Å². The molecule has 24 heavy (non-hydrogen) atoms. The maximum atomic E-state index is 10.6. The second-order valence-corrected chi connectivity index (χ2v) is 6.09. The number of nitrogens with zero attached hydrogens (tertiary/aromatic N) is 2. The van der Waals surface area contributed by atoms with E-state index in [1.165, 1.54) is 0 Å². The minimum Gasteiger partial charge on any atom is -0.480 e. The Labute approximate surface area is 142 Å². The van der Waals surface area contributed by atoms with Crippen molar-refractivity contribution in [1.29, 1.82) is 0 Å². The summed E-state index contributed by atoms with van der Waals surface area (Å²) in [6.45, 7) is 2.54. The first-order chi connectivity index (χ1) is 11.4. The largest absolute Gasteiger partial charge is 0.480 e. The highest BCUT2D eigenvalue weighted by molar-refractivity contribution is 5.73. The van der Waals surface area contributed by atoms with Crippen molar-refractivity contribution >= 4 is 18.2 Å². The SMILES string of the molecule is NC(CCCCN1C=C[N+](CCCCC(N)C(=O)O)=CC1)C(=O)O. The predicted molar refractivity (Wildman–Crippen MR) is 90.8 cm³/mol. The van der Waals surface area contributed by atoms with E-state index in [1.54, 1.807) is 0 Å². The molecular weight excluding hydrogens is 312 g/mol. The second-order valence-electron chi connectivity index (χ2n) is 6.09. The number of carboxylic acid groups (broad SMARTS) is 2. The van der Waals surface area contributed by atoms with Crippen molar-refractivity contribution < 1.29 is 24.4 Å². The molecule has 0 aromatic carbocycles. The summed E-state index contributed by atoms with van der Waals surface area (Å²) in [5, 5.41) is 17.4. The predicted octanol–water partition coefficient (Wildman–Crippen LogP) is 0.0209. The maximum Gasteiger partial charge on any atom is 0.320 e. The van der Waals surface area contributed by atoms with Gasteiger partial charge >= 0.3 is 11.9 Å². The second kappa shape index (κ2) is 10.8. The van der Waals surface area contributed by atoms with Gasteiger partial charge in [-0.1, -0.05) is 0 Å². The van der Waals surface area contributed by atoms with Crippen LogP contribution in [0.2, 0.25) is 0 Å². The van der Waals surface area contributed by atoms with E-state index in [1.807, 2.05) is 12.4 Å². The third-order valence-electron chi connectivity index (χ3n) is 4.05. The summed E-state index contributed by atoms with van der Waals surface area (Å²) in [7, 11) is 0. The maximum absolute atomic E-state index is 10.6. The molecule has 0 radical (unpaired) electrons. The smallest absolute Gasteiger partial charge is 0.320 e. The van der Waals surface area contributed by atoms with Gasteiger partial charge in [0.25, 0.3) is 0 Å². The monoisotopic (exact) mass is 341 g/mol. The topological polar surface area (TPSA) is 133 Å². The minimum atomic E-state index is -0.945. The van der Waals surface area contributed by atoms with Crippen LogP contribution in [-0.2, 0) is 9.59 Å². The molecule has 2 atom stereocenters. The van der Waals surface area contributed by atoms with Gasteiger partial charge in [-0.3, -0.25) is 9.59 Å². The van der Waals surface area contributed by atoms with E-state index >= 15 is 0 Å². The summed E-state index contributed by atoms with van der Waals surface area (Å²) in [5.74, 6) is -1.89. The molecule has 8 heteroatoms. The zero-order chi connectivity index (χ0) is 17.9. The van der Waals surface area contributed by atoms with E-state index in [9.17, 15) is 9.59 Å². The third kappa shape index (κ3) is 8.07. The summed E-state index contributed by atoms with van der Waals surface area (Å²) >= 11 is 0. The van der Waals surface area contributed by atoms with Crippen molar-refractivity contribution in [2.75, 3.05) is 19.6 Å². The Balaban J connectivity index is 2.11. The fourth-order valence-corrected chi connectivity index (χ4v) is 2.43. The molecule has 0 amide bonds. The van der Waals surface area contributed by atoms with Gasteiger partial charge in [0.05, 0.1) is 12.7 Å². The highest BCUT2D eigenvalue weighted by Gasteiger charge is 2.14. The zero-order valence-electron chi connectivity index (χ0n) is 14.0. The average Bonchev–Trinajstić information content (AvgIpc) is 2.56. The van der Waals surface area contributed by atoms with Gasteiger partial charge in [-0.25, -0.2) is 4.58 Å². The number of hydrogen-bond acceptors (Lipinski definition) is 5. The highest BCUT2D eigenvalue weighted by atomic mass is 16.4. The molecule has 0 spiro atoms. The Morgan fingerprint density at radius 1 is 1.04 bits per heavy atom. The number of hydrogen-bond donors (Lipinski definition) is 4. The van der Waals surface area contributed by atoms with Crippen LogP contribution in [0.15, 0.2) is 12.4 Å². The highest BCUT2D eigenvalue weighted by Crippen LogP contribution is 2.05. The zero-order valence-corrected chi connectivity index (χ0v) is 14.0. The molecule has 8 nitrogen and oxygen atoms in total. The molecule has 0 bridgehead atoms. The van der Waals surface area contributed by atoms with Gasteiger partial charge in [0.15, 0.2) is 12.4 Å². The average molecular weight is 341 g/mol. The van der Waals surface area contributed by atoms with Gasteiger partial charge in [0, 0.05) is 13.0 Å². The van der Waals surface area contributed by atoms with Crippen LogP contribution in [0.5, 0.6) is 0 Å². The lowest BCUT2D eigenvalue weighted by molar-refractivity contribution is -0.457. The normalized spacial score (nSPS) is 16.6. The Bertz CT molecular complexity index is 479. The van der Waals surface area contributed by atoms with Crippen molar-refractivity contribution in [1.82, 2.24) is 4.90 Å². The van der Waals surface area contributed by atoms with Crippen molar-refractivity contribution in [3.8, 4) is 0 Å². The van der Waals surface area contributed by atoms with Crippen molar-refractivity contribution in [3.05, 3.63) is 12.4 Å². The Morgan fingerprint density at radius 2 is 1.62 bits per heavy atom. The molecular formula is C16H29N4O4+. The first kappa shape index (κ1) is 20.1. The van der Waals surface area contributed by atoms with Crippen LogP contribution in [-0.4, -0.2) is 69.6 Å². The lowest BCUT2D eigenvalue weighted by Gasteiger charge is -2.19. The molecule has 136 valence electrons. The van der Waals surface area contributed by atoms with Gasteiger partial charge in [-0.15, -0.1) is 0 Å². The lowest BCUT2D eigenvalue weighted by Crippen LogP contribution is -2.31. The van der Waals surface area contributed by atoms with Crippen LogP contribution in [0.25, 0.3) is 0 Å². The fraction of sp³-hybridized carbons (Fsp3) is 0.688. The summed E-state index contributed by atoms with van der Waals surface area (Å²) in [6.07, 6.45) is 10.5. The molecule has 0 saturated heterocycles. The van der Waals surface area contributed by atoms with E-state index in [0.717, 1.165) is 45.3 Å². The van der Waals surface area contributed by atoms with Crippen LogP contribution >= 0.6 is 0 Å². The van der Waals surface area contributed by atoms with Gasteiger partial charge in [-0.2, -0.15) is 0 Å². The molecule has 0 saturated carbocycles. The molecule has 1 aliphatic heterocycles. The van der Waals surface area contributed by atoms with Crippen molar-refractivity contribution in [2.24, 2.45) is 11.5 Å². The number of carboxylic acids is 2. The van der Waals surface area contributed by atoms with Crippen LogP contribution in [0, 0.1) is 0 Å². The minimum absolute atomic E-state index is 0.498. The lowest BCUT2D eigenvalue weighted by atomic mass is 10.1. The van der Waals surface area contributed by atoms with Gasteiger partial charge in [-0.05, 0) is 32.1 Å². The van der Waals surface area contributed by atoms with Crippen LogP contribution in [0.3, 0.4) is 0 Å². The Morgan fingerprint density at radius 3 is 2.12 bits per heavy atom. The number of aliphatic carboxylic acids is 2. The number of unbranched alkanes of at least 4 members (excludes halogenated alkanes) is 2. The van der Waals surface area contributed by atoms with Gasteiger partial charge in [0.2, 0.25) is 0 Å². The fourth-order valence-electron chi connectivity index (χ4n) is 2.43. The molecule has 1 rings (SSSR count). The molecule has 0 fully saturated rings. The number of carbonyl (C=O) groups is 2. The third-order valence-corrected chi connectivity index (χ3v) is 4.05. The number of nitrogens with two attached hydrogens (primary N) is 2. The summed E-state index contributed by atoms with van der Waals surface area (Å²) in [5.41, 5.74) is 10.9. The molecule has 6 N–H and O–H groups in total. The molecule has 0 aliphatic carbocycles. The summed E-state index contributed by atoms with van der Waals surface area (Å²) in [6, 6.07) is -1.53. The van der Waals surface area contributed by atoms with Crippen LogP contribution in [0.4, 0.5) is 0 Å². The molecule has 2 unspecified atom stereocenters. The Kier molecular flexibility index (Phi) is 9.03. The molecule has 0 aromatic heterocycles. The van der Waals surface area contributed by atoms with Crippen LogP contribution in [0.1, 0.15) is 38.5 Å². The van der Waals surface area contributed by atoms with E-state index in [2.05, 4.69) is 15.7 Å². The van der Waals surface area contributed by atoms with E-state index < -0.39 is 24.0 Å². The molecule has 1 aliphatic rings. The van der Waals surface area contributed by atoms with Gasteiger partial charge in [0.1, 0.15) is 18.6 Å². The van der Waals surface area contributed by atoms with Gasteiger partial charge < -0.3 is 26.6 Å². The first-order valence-electron chi connectivity index (χ1n) is 8.38. The first-order valence-corrected chi connectivity index (χ1v) is 8.38. The number of rotatable bonds is 12. The van der Waals surface area contributed by atoms with Crippen molar-refractivity contribution in [3.63, 3.8) is 0 Å². The molecule has 1 heterocycles. The van der Waals surface area contributed by atoms with Crippen molar-refractivity contribution in [2.45, 2.75) is 50.6 Å². The van der Waals surface area contributed by atoms with Crippen LogP contribution < -0.4 is 11.5 Å². The Hall–Kier alpha value is -1.93. The quantitative estimate of drug-likeness (QED) is 0.290. The summed E-state index contributed by atoms with van der Waals surface area (Å²) < 4.78 is 2.10. The molecule has 0 aromatic rings. The summed E-state index contributed by atoms with van der Waals surface area (Å²) in [4.78, 5) is 23.4. The van der Waals surface area contributed by atoms with E-state index in [4.69, 9.17) is 21.7 Å². The van der Waals surface area contributed by atoms with E-state index in [-0.39, 0.29) is 0 Å². The standard InChI is InChI=1S/C16H28N4O4/c17-13(15(21)22)5-1-3-7-19-9-11-20(12-10-19)8-4-2-6-14(18)16(23)24/h9-11,13-14H,1-8,12,17-18H2,(H-,21,22,23,24)/p+1.